The average Bonchev–Trinajstić information content (AvgIpc) is 2.54. The molecule has 1 heteroatoms. The summed E-state index contributed by atoms with van der Waals surface area (Å²) in [7, 11) is 0. The molecule has 0 heterocycles. The lowest BCUT2D eigenvalue weighted by atomic mass is 9.52. The van der Waals surface area contributed by atoms with Crippen LogP contribution in [0, 0.1) is 10.8 Å². The molecule has 1 unspecified atom stereocenters. The fourth-order valence-corrected chi connectivity index (χ4v) is 4.65. The van der Waals surface area contributed by atoms with Gasteiger partial charge in [-0.25, -0.2) is 0 Å². The Hall–Kier alpha value is -1.08. The van der Waals surface area contributed by atoms with Crippen LogP contribution in [-0.4, -0.2) is 11.7 Å². The van der Waals surface area contributed by atoms with E-state index in [1.165, 1.54) is 43.2 Å². The zero-order valence-electron chi connectivity index (χ0n) is 12.4. The summed E-state index contributed by atoms with van der Waals surface area (Å²) in [6.45, 7) is 4.47. The molecule has 0 aromatic heterocycles. The fraction of sp³-hybridized carbons (Fsp3) is 0.579. The number of hydrogen-bond donors (Lipinski definition) is 1. The molecule has 1 aromatic rings. The Bertz CT molecular complexity index is 484. The topological polar surface area (TPSA) is 20.2 Å². The summed E-state index contributed by atoms with van der Waals surface area (Å²) in [4.78, 5) is 0. The van der Waals surface area contributed by atoms with Crippen LogP contribution in [0.3, 0.4) is 0 Å². The van der Waals surface area contributed by atoms with Gasteiger partial charge in [0.25, 0.3) is 0 Å². The number of hydrogen-bond acceptors (Lipinski definition) is 1. The Morgan fingerprint density at radius 1 is 1.05 bits per heavy atom. The van der Waals surface area contributed by atoms with Crippen molar-refractivity contribution in [1.82, 2.24) is 0 Å². The molecule has 1 N–H and O–H groups in total. The molecule has 0 radical (unpaired) electrons. The summed E-state index contributed by atoms with van der Waals surface area (Å²) in [5.74, 6) is 0. The third-order valence-electron chi connectivity index (χ3n) is 6.02. The highest BCUT2D eigenvalue weighted by Crippen LogP contribution is 2.56. The molecule has 2 aliphatic rings. The van der Waals surface area contributed by atoms with Crippen molar-refractivity contribution >= 4 is 0 Å². The van der Waals surface area contributed by atoms with Gasteiger partial charge in [-0.15, -0.1) is 6.58 Å². The molecule has 3 rings (SSSR count). The number of aliphatic hydroxyl groups excluding tert-OH is 1. The first-order valence-corrected chi connectivity index (χ1v) is 8.07. The Balaban J connectivity index is 1.98. The van der Waals surface area contributed by atoms with Crippen molar-refractivity contribution in [2.75, 3.05) is 6.61 Å². The Morgan fingerprint density at radius 2 is 1.75 bits per heavy atom. The third-order valence-corrected chi connectivity index (χ3v) is 6.02. The van der Waals surface area contributed by atoms with Gasteiger partial charge >= 0.3 is 0 Å². The van der Waals surface area contributed by atoms with Crippen LogP contribution < -0.4 is 0 Å². The van der Waals surface area contributed by atoms with Gasteiger partial charge in [0, 0.05) is 12.0 Å². The zero-order valence-corrected chi connectivity index (χ0v) is 12.4. The molecular formula is C19H26O. The van der Waals surface area contributed by atoms with Crippen LogP contribution >= 0.6 is 0 Å². The molecule has 1 nitrogen and oxygen atoms in total. The number of allylic oxidation sites excluding steroid dienone is 1. The zero-order chi connectivity index (χ0) is 14.1. The first-order chi connectivity index (χ1) is 9.75. The van der Waals surface area contributed by atoms with Crippen molar-refractivity contribution < 1.29 is 5.11 Å². The molecular weight excluding hydrogens is 244 g/mol. The number of aryl methyl sites for hydroxylation is 1. The Kier molecular flexibility index (Phi) is 3.72. The number of benzene rings is 1. The molecule has 0 saturated heterocycles. The van der Waals surface area contributed by atoms with Gasteiger partial charge in [0.05, 0.1) is 0 Å². The molecule has 0 bridgehead atoms. The van der Waals surface area contributed by atoms with Crippen LogP contribution in [0.15, 0.2) is 36.9 Å². The van der Waals surface area contributed by atoms with Crippen LogP contribution in [0.25, 0.3) is 0 Å². The smallest absolute Gasteiger partial charge is 0.0499 e. The summed E-state index contributed by atoms with van der Waals surface area (Å²) < 4.78 is 0. The van der Waals surface area contributed by atoms with E-state index in [-0.39, 0.29) is 10.8 Å². The van der Waals surface area contributed by atoms with E-state index in [0.717, 1.165) is 19.3 Å². The SMILES string of the molecule is C=CC1(C2(CO)CCc3ccccc3C2)CCCCC1. The minimum absolute atomic E-state index is 0.0174. The highest BCUT2D eigenvalue weighted by Gasteiger charge is 2.50. The quantitative estimate of drug-likeness (QED) is 0.812. The summed E-state index contributed by atoms with van der Waals surface area (Å²) in [5.41, 5.74) is 3.09. The second-order valence-electron chi connectivity index (χ2n) is 6.80. The molecule has 0 amide bonds. The van der Waals surface area contributed by atoms with E-state index in [1.807, 2.05) is 0 Å². The normalized spacial score (nSPS) is 28.6. The lowest BCUT2D eigenvalue weighted by molar-refractivity contribution is -0.0237. The first-order valence-electron chi connectivity index (χ1n) is 8.07. The second kappa shape index (κ2) is 5.37. The van der Waals surface area contributed by atoms with E-state index in [1.54, 1.807) is 0 Å². The van der Waals surface area contributed by atoms with Gasteiger partial charge in [0.2, 0.25) is 0 Å². The van der Waals surface area contributed by atoms with E-state index >= 15 is 0 Å². The standard InChI is InChI=1S/C19H26O/c1-2-18(11-6-3-7-12-18)19(15-20)13-10-16-8-4-5-9-17(16)14-19/h2,4-5,8-9,20H,1,3,6-7,10-15H2. The Labute approximate surface area is 122 Å². The van der Waals surface area contributed by atoms with Crippen molar-refractivity contribution in [3.8, 4) is 0 Å². The van der Waals surface area contributed by atoms with Crippen molar-refractivity contribution in [1.29, 1.82) is 0 Å². The van der Waals surface area contributed by atoms with Gasteiger partial charge in [-0.1, -0.05) is 49.6 Å². The predicted octanol–water partition coefficient (Wildman–Crippen LogP) is 4.29. The van der Waals surface area contributed by atoms with Gasteiger partial charge in [-0.05, 0) is 48.6 Å². The Morgan fingerprint density at radius 3 is 2.40 bits per heavy atom. The van der Waals surface area contributed by atoms with Gasteiger partial charge < -0.3 is 5.11 Å². The lowest BCUT2D eigenvalue weighted by Gasteiger charge is -2.53. The van der Waals surface area contributed by atoms with E-state index < -0.39 is 0 Å². The van der Waals surface area contributed by atoms with E-state index in [4.69, 9.17) is 0 Å². The molecule has 1 saturated carbocycles. The molecule has 0 aliphatic heterocycles. The maximum Gasteiger partial charge on any atom is 0.0499 e. The minimum Gasteiger partial charge on any atom is -0.396 e. The van der Waals surface area contributed by atoms with Crippen LogP contribution in [-0.2, 0) is 12.8 Å². The average molecular weight is 270 g/mol. The van der Waals surface area contributed by atoms with Crippen LogP contribution in [0.4, 0.5) is 0 Å². The highest BCUT2D eigenvalue weighted by molar-refractivity contribution is 5.32. The highest BCUT2D eigenvalue weighted by atomic mass is 16.3. The summed E-state index contributed by atoms with van der Waals surface area (Å²) in [5, 5.41) is 10.3. The summed E-state index contributed by atoms with van der Waals surface area (Å²) >= 11 is 0. The second-order valence-corrected chi connectivity index (χ2v) is 6.80. The minimum atomic E-state index is 0.0174. The third kappa shape index (κ3) is 2.03. The van der Waals surface area contributed by atoms with Crippen molar-refractivity contribution in [3.05, 3.63) is 48.0 Å². The number of rotatable bonds is 3. The van der Waals surface area contributed by atoms with Gasteiger partial charge in [-0.3, -0.25) is 0 Å². The van der Waals surface area contributed by atoms with E-state index in [9.17, 15) is 5.11 Å². The molecule has 1 fully saturated rings. The maximum absolute atomic E-state index is 10.3. The first kappa shape index (κ1) is 13.9. The molecule has 1 aromatic carbocycles. The van der Waals surface area contributed by atoms with Gasteiger partial charge in [0.1, 0.15) is 0 Å². The summed E-state index contributed by atoms with van der Waals surface area (Å²) in [6, 6.07) is 8.76. The lowest BCUT2D eigenvalue weighted by Crippen LogP contribution is -2.48. The molecule has 108 valence electrons. The van der Waals surface area contributed by atoms with Gasteiger partial charge in [0.15, 0.2) is 0 Å². The van der Waals surface area contributed by atoms with Crippen molar-refractivity contribution in [3.63, 3.8) is 0 Å². The van der Waals surface area contributed by atoms with E-state index in [0.29, 0.717) is 6.61 Å². The fourth-order valence-electron chi connectivity index (χ4n) is 4.65. The number of aliphatic hydroxyl groups is 1. The van der Waals surface area contributed by atoms with Crippen LogP contribution in [0.1, 0.15) is 49.7 Å². The predicted molar refractivity (Wildman–Crippen MR) is 83.7 cm³/mol. The molecule has 0 spiro atoms. The largest absolute Gasteiger partial charge is 0.396 e. The van der Waals surface area contributed by atoms with Gasteiger partial charge in [-0.2, -0.15) is 0 Å². The summed E-state index contributed by atoms with van der Waals surface area (Å²) in [6.07, 6.45) is 11.7. The van der Waals surface area contributed by atoms with E-state index in [2.05, 4.69) is 36.9 Å². The molecule has 20 heavy (non-hydrogen) atoms. The van der Waals surface area contributed by atoms with Crippen molar-refractivity contribution in [2.45, 2.75) is 51.4 Å². The number of fused-ring (bicyclic) bond motifs is 1. The molecule has 1 atom stereocenters. The maximum atomic E-state index is 10.3. The van der Waals surface area contributed by atoms with Crippen LogP contribution in [0.5, 0.6) is 0 Å². The van der Waals surface area contributed by atoms with Crippen LogP contribution in [0.2, 0.25) is 0 Å². The van der Waals surface area contributed by atoms with Crippen molar-refractivity contribution in [2.24, 2.45) is 10.8 Å². The molecule has 2 aliphatic carbocycles. The monoisotopic (exact) mass is 270 g/mol.